The topological polar surface area (TPSA) is 83.5 Å². The predicted octanol–water partition coefficient (Wildman–Crippen LogP) is 4.56. The second-order valence-electron chi connectivity index (χ2n) is 6.06. The largest absolute Gasteiger partial charge is 0.478 e. The van der Waals surface area contributed by atoms with Crippen LogP contribution in [-0.2, 0) is 0 Å². The zero-order valence-electron chi connectivity index (χ0n) is 13.8. The second kappa shape index (κ2) is 6.37. The van der Waals surface area contributed by atoms with Crippen LogP contribution in [0, 0.1) is 0 Å². The van der Waals surface area contributed by atoms with E-state index < -0.39 is 5.97 Å². The van der Waals surface area contributed by atoms with Gasteiger partial charge in [0.1, 0.15) is 0 Å². The fourth-order valence-electron chi connectivity index (χ4n) is 3.21. The molecule has 3 aromatic carbocycles. The number of carbonyl (C=O) groups is 3. The third-order valence-corrected chi connectivity index (χ3v) is 4.64. The highest BCUT2D eigenvalue weighted by Crippen LogP contribution is 2.36. The summed E-state index contributed by atoms with van der Waals surface area (Å²) >= 11 is 6.17. The Morgan fingerprint density at radius 1 is 0.815 bits per heavy atom. The van der Waals surface area contributed by atoms with Crippen molar-refractivity contribution >= 4 is 40.5 Å². The molecule has 0 unspecified atom stereocenters. The van der Waals surface area contributed by atoms with Gasteiger partial charge in [0, 0.05) is 21.7 Å². The Hall–Kier alpha value is -3.44. The van der Waals surface area contributed by atoms with Gasteiger partial charge in [-0.2, -0.15) is 0 Å². The lowest BCUT2D eigenvalue weighted by Crippen LogP contribution is -2.22. The zero-order chi connectivity index (χ0) is 19.1. The average Bonchev–Trinajstić information content (AvgIpc) is 2.66. The molecule has 6 heteroatoms. The fraction of sp³-hybridized carbons (Fsp3) is 0. The van der Waals surface area contributed by atoms with Gasteiger partial charge in [-0.3, -0.25) is 9.59 Å². The number of benzene rings is 3. The Bertz CT molecular complexity index is 1140. The maximum atomic E-state index is 13.0. The molecule has 2 N–H and O–H groups in total. The van der Waals surface area contributed by atoms with Gasteiger partial charge < -0.3 is 10.4 Å². The third kappa shape index (κ3) is 2.78. The molecule has 1 aliphatic rings. The molecule has 0 aromatic heterocycles. The highest BCUT2D eigenvalue weighted by Gasteiger charge is 2.32. The SMILES string of the molecule is O=C(O)c1ccccc1Nc1cc(Cl)cc2c1C(=O)c1ccccc1C2=O. The van der Waals surface area contributed by atoms with Crippen LogP contribution in [0.4, 0.5) is 11.4 Å². The molecule has 0 amide bonds. The van der Waals surface area contributed by atoms with Gasteiger partial charge >= 0.3 is 5.97 Å². The Labute approximate surface area is 159 Å². The predicted molar refractivity (Wildman–Crippen MR) is 101 cm³/mol. The van der Waals surface area contributed by atoms with Crippen molar-refractivity contribution in [1.82, 2.24) is 0 Å². The van der Waals surface area contributed by atoms with Crippen LogP contribution < -0.4 is 5.32 Å². The molecule has 4 rings (SSSR count). The molecule has 0 atom stereocenters. The fourth-order valence-corrected chi connectivity index (χ4v) is 3.43. The summed E-state index contributed by atoms with van der Waals surface area (Å²) in [4.78, 5) is 37.4. The van der Waals surface area contributed by atoms with Crippen LogP contribution in [-0.4, -0.2) is 22.6 Å². The Balaban J connectivity index is 1.90. The molecule has 1 aliphatic carbocycles. The van der Waals surface area contributed by atoms with Crippen LogP contribution in [0.15, 0.2) is 60.7 Å². The number of carbonyl (C=O) groups excluding carboxylic acids is 2. The summed E-state index contributed by atoms with van der Waals surface area (Å²) in [6.07, 6.45) is 0. The maximum Gasteiger partial charge on any atom is 0.337 e. The van der Waals surface area contributed by atoms with Gasteiger partial charge in [-0.25, -0.2) is 4.79 Å². The molecular weight excluding hydrogens is 366 g/mol. The molecule has 132 valence electrons. The van der Waals surface area contributed by atoms with Crippen molar-refractivity contribution < 1.29 is 19.5 Å². The minimum absolute atomic E-state index is 0.0428. The van der Waals surface area contributed by atoms with Gasteiger partial charge in [-0.15, -0.1) is 0 Å². The first-order valence-electron chi connectivity index (χ1n) is 8.08. The lowest BCUT2D eigenvalue weighted by atomic mass is 9.83. The van der Waals surface area contributed by atoms with Crippen LogP contribution in [0.3, 0.4) is 0 Å². The number of carboxylic acids is 1. The molecular formula is C21H12ClNO4. The highest BCUT2D eigenvalue weighted by atomic mass is 35.5. The summed E-state index contributed by atoms with van der Waals surface area (Å²) in [7, 11) is 0. The molecule has 0 saturated carbocycles. The number of rotatable bonds is 3. The summed E-state index contributed by atoms with van der Waals surface area (Å²) in [5, 5.41) is 12.6. The van der Waals surface area contributed by atoms with E-state index in [1.165, 1.54) is 18.2 Å². The van der Waals surface area contributed by atoms with E-state index in [-0.39, 0.29) is 33.3 Å². The van der Waals surface area contributed by atoms with Crippen molar-refractivity contribution in [1.29, 1.82) is 0 Å². The van der Waals surface area contributed by atoms with Crippen molar-refractivity contribution in [3.05, 3.63) is 93.5 Å². The van der Waals surface area contributed by atoms with Gasteiger partial charge in [-0.05, 0) is 24.3 Å². The Morgan fingerprint density at radius 3 is 2.15 bits per heavy atom. The number of nitrogens with one attached hydrogen (secondary N) is 1. The summed E-state index contributed by atoms with van der Waals surface area (Å²) in [6, 6.07) is 15.9. The van der Waals surface area contributed by atoms with E-state index in [2.05, 4.69) is 5.32 Å². The molecule has 5 nitrogen and oxygen atoms in total. The highest BCUT2D eigenvalue weighted by molar-refractivity contribution is 6.35. The quantitative estimate of drug-likeness (QED) is 0.547. The van der Waals surface area contributed by atoms with Crippen molar-refractivity contribution in [3.8, 4) is 0 Å². The molecule has 0 bridgehead atoms. The Morgan fingerprint density at radius 2 is 1.44 bits per heavy atom. The zero-order valence-corrected chi connectivity index (χ0v) is 14.6. The van der Waals surface area contributed by atoms with E-state index in [9.17, 15) is 19.5 Å². The van der Waals surface area contributed by atoms with Crippen LogP contribution in [0.2, 0.25) is 5.02 Å². The van der Waals surface area contributed by atoms with Crippen molar-refractivity contribution in [2.45, 2.75) is 0 Å². The minimum Gasteiger partial charge on any atom is -0.478 e. The van der Waals surface area contributed by atoms with Gasteiger partial charge in [0.05, 0.1) is 22.5 Å². The summed E-state index contributed by atoms with van der Waals surface area (Å²) in [6.45, 7) is 0. The number of fused-ring (bicyclic) bond motifs is 2. The van der Waals surface area contributed by atoms with E-state index >= 15 is 0 Å². The van der Waals surface area contributed by atoms with Crippen LogP contribution in [0.25, 0.3) is 0 Å². The maximum absolute atomic E-state index is 13.0. The van der Waals surface area contributed by atoms with Gasteiger partial charge in [-0.1, -0.05) is 48.0 Å². The standard InChI is InChI=1S/C21H12ClNO4/c22-11-9-15-18(20(25)13-6-2-1-5-12(13)19(15)24)17(10-11)23-16-8-4-3-7-14(16)21(26)27/h1-10,23H,(H,26,27). The number of anilines is 2. The molecule has 0 spiro atoms. The monoisotopic (exact) mass is 377 g/mol. The average molecular weight is 378 g/mol. The van der Waals surface area contributed by atoms with E-state index in [1.807, 2.05) is 0 Å². The molecule has 0 heterocycles. The van der Waals surface area contributed by atoms with Crippen LogP contribution >= 0.6 is 11.6 Å². The van der Waals surface area contributed by atoms with E-state index in [0.29, 0.717) is 22.5 Å². The van der Waals surface area contributed by atoms with Gasteiger partial charge in [0.25, 0.3) is 0 Å². The lowest BCUT2D eigenvalue weighted by molar-refractivity contribution is 0.0697. The lowest BCUT2D eigenvalue weighted by Gasteiger charge is -2.21. The number of aromatic carboxylic acids is 1. The third-order valence-electron chi connectivity index (χ3n) is 4.42. The molecule has 0 saturated heterocycles. The molecule has 0 fully saturated rings. The number of ketones is 2. The first-order valence-corrected chi connectivity index (χ1v) is 8.46. The first-order chi connectivity index (χ1) is 13.0. The smallest absolute Gasteiger partial charge is 0.337 e. The van der Waals surface area contributed by atoms with Crippen LogP contribution in [0.5, 0.6) is 0 Å². The Kier molecular flexibility index (Phi) is 4.01. The normalized spacial score (nSPS) is 12.3. The van der Waals surface area contributed by atoms with E-state index in [1.54, 1.807) is 42.5 Å². The number of carboxylic acid groups (broad SMARTS) is 1. The van der Waals surface area contributed by atoms with Crippen LogP contribution in [0.1, 0.15) is 42.2 Å². The molecule has 3 aromatic rings. The summed E-state index contributed by atoms with van der Waals surface area (Å²) < 4.78 is 0. The molecule has 0 aliphatic heterocycles. The van der Waals surface area contributed by atoms with Gasteiger partial charge in [0.2, 0.25) is 0 Å². The van der Waals surface area contributed by atoms with Gasteiger partial charge in [0.15, 0.2) is 11.6 Å². The molecule has 0 radical (unpaired) electrons. The molecule has 27 heavy (non-hydrogen) atoms. The number of halogens is 1. The van der Waals surface area contributed by atoms with Crippen molar-refractivity contribution in [2.24, 2.45) is 0 Å². The van der Waals surface area contributed by atoms with Crippen molar-refractivity contribution in [3.63, 3.8) is 0 Å². The first kappa shape index (κ1) is 17.0. The van der Waals surface area contributed by atoms with E-state index in [4.69, 9.17) is 11.6 Å². The number of para-hydroxylation sites is 1. The minimum atomic E-state index is -1.11. The van der Waals surface area contributed by atoms with E-state index in [0.717, 1.165) is 0 Å². The second-order valence-corrected chi connectivity index (χ2v) is 6.49. The number of hydrogen-bond acceptors (Lipinski definition) is 4. The number of hydrogen-bond donors (Lipinski definition) is 2. The summed E-state index contributed by atoms with van der Waals surface area (Å²) in [5.74, 6) is -1.72. The van der Waals surface area contributed by atoms with Crippen molar-refractivity contribution in [2.75, 3.05) is 5.32 Å². The summed E-state index contributed by atoms with van der Waals surface area (Å²) in [5.41, 5.74) is 1.65.